The maximum Gasteiger partial charge on any atom is 0.244 e. The molecule has 1 N–H and O–H groups in total. The van der Waals surface area contributed by atoms with Gasteiger partial charge >= 0.3 is 0 Å². The zero-order chi connectivity index (χ0) is 13.9. The molecule has 0 bridgehead atoms. The Morgan fingerprint density at radius 2 is 2.21 bits per heavy atom. The van der Waals surface area contributed by atoms with E-state index in [1.807, 2.05) is 12.2 Å². The summed E-state index contributed by atoms with van der Waals surface area (Å²) < 4.78 is 26.4. The van der Waals surface area contributed by atoms with Crippen LogP contribution in [0.15, 0.2) is 28.5 Å². The summed E-state index contributed by atoms with van der Waals surface area (Å²) in [6, 6.07) is 2.18. The van der Waals surface area contributed by atoms with Crippen molar-refractivity contribution in [2.24, 2.45) is 0 Å². The molecule has 2 rings (SSSR count). The Kier molecular flexibility index (Phi) is 4.78. The number of hydrogen-bond acceptors (Lipinski definition) is 4. The van der Waals surface area contributed by atoms with Gasteiger partial charge in [0.05, 0.1) is 4.90 Å². The first kappa shape index (κ1) is 14.7. The maximum absolute atomic E-state index is 12.4. The Labute approximate surface area is 119 Å². The predicted octanol–water partition coefficient (Wildman–Crippen LogP) is 2.20. The van der Waals surface area contributed by atoms with Gasteiger partial charge in [-0.3, -0.25) is 0 Å². The van der Waals surface area contributed by atoms with E-state index < -0.39 is 10.0 Å². The van der Waals surface area contributed by atoms with Crippen LogP contribution in [-0.2, 0) is 16.6 Å². The molecular weight excluding hydrogens is 280 g/mol. The fraction of sp³-hybridized carbons (Fsp3) is 0.538. The van der Waals surface area contributed by atoms with Gasteiger partial charge in [-0.1, -0.05) is 26.0 Å². The van der Waals surface area contributed by atoms with Crippen LogP contribution in [-0.4, -0.2) is 31.9 Å². The molecule has 0 atom stereocenters. The fourth-order valence-corrected chi connectivity index (χ4v) is 4.50. The van der Waals surface area contributed by atoms with Gasteiger partial charge in [0.15, 0.2) is 0 Å². The molecule has 0 fully saturated rings. The van der Waals surface area contributed by atoms with Crippen LogP contribution in [0.2, 0.25) is 0 Å². The Morgan fingerprint density at radius 1 is 1.42 bits per heavy atom. The zero-order valence-electron chi connectivity index (χ0n) is 11.3. The van der Waals surface area contributed by atoms with Crippen molar-refractivity contribution in [2.45, 2.75) is 37.8 Å². The van der Waals surface area contributed by atoms with E-state index in [0.29, 0.717) is 24.0 Å². The van der Waals surface area contributed by atoms with E-state index in [0.717, 1.165) is 17.8 Å². The standard InChI is InChI=1S/C13H20N2O2S2/c1-11(2)14-9-12-8-13(10-18-12)19(16,17)15-6-4-3-5-7-15/h3-4,8,10-11,14H,5-7,9H2,1-2H3. The van der Waals surface area contributed by atoms with Gasteiger partial charge in [0.25, 0.3) is 0 Å². The van der Waals surface area contributed by atoms with Crippen molar-refractivity contribution < 1.29 is 8.42 Å². The third kappa shape index (κ3) is 3.66. The third-order valence-corrected chi connectivity index (χ3v) is 5.90. The second-order valence-corrected chi connectivity index (χ2v) is 7.84. The van der Waals surface area contributed by atoms with Crippen LogP contribution in [0.25, 0.3) is 0 Å². The fourth-order valence-electron chi connectivity index (χ4n) is 1.88. The number of hydrogen-bond donors (Lipinski definition) is 1. The lowest BCUT2D eigenvalue weighted by atomic mass is 10.3. The first-order chi connectivity index (χ1) is 9.00. The summed E-state index contributed by atoms with van der Waals surface area (Å²) in [6.07, 6.45) is 4.73. The molecule has 0 amide bonds. The maximum atomic E-state index is 12.4. The molecule has 106 valence electrons. The molecule has 0 saturated carbocycles. The van der Waals surface area contributed by atoms with E-state index in [-0.39, 0.29) is 0 Å². The molecule has 0 unspecified atom stereocenters. The quantitative estimate of drug-likeness (QED) is 0.848. The summed E-state index contributed by atoms with van der Waals surface area (Å²) in [5, 5.41) is 5.04. The van der Waals surface area contributed by atoms with Gasteiger partial charge in [-0.05, 0) is 12.5 Å². The molecule has 0 aromatic carbocycles. The topological polar surface area (TPSA) is 49.4 Å². The Hall–Kier alpha value is -0.690. The number of nitrogens with zero attached hydrogens (tertiary/aromatic N) is 1. The Balaban J connectivity index is 2.10. The van der Waals surface area contributed by atoms with E-state index in [1.165, 1.54) is 15.6 Å². The van der Waals surface area contributed by atoms with Crippen LogP contribution in [0.3, 0.4) is 0 Å². The van der Waals surface area contributed by atoms with Gasteiger partial charge < -0.3 is 5.32 Å². The van der Waals surface area contributed by atoms with Crippen molar-refractivity contribution in [3.8, 4) is 0 Å². The van der Waals surface area contributed by atoms with Crippen molar-refractivity contribution in [3.05, 3.63) is 28.5 Å². The smallest absolute Gasteiger partial charge is 0.244 e. The van der Waals surface area contributed by atoms with Crippen LogP contribution in [0.5, 0.6) is 0 Å². The van der Waals surface area contributed by atoms with Gasteiger partial charge in [-0.25, -0.2) is 8.42 Å². The average Bonchev–Trinajstić information content (AvgIpc) is 2.87. The van der Waals surface area contributed by atoms with E-state index in [4.69, 9.17) is 0 Å². The second kappa shape index (κ2) is 6.17. The lowest BCUT2D eigenvalue weighted by molar-refractivity contribution is 0.438. The van der Waals surface area contributed by atoms with Crippen LogP contribution in [0.1, 0.15) is 25.1 Å². The van der Waals surface area contributed by atoms with Gasteiger partial charge in [0.2, 0.25) is 10.0 Å². The lowest BCUT2D eigenvalue weighted by Crippen LogP contribution is -2.33. The molecule has 19 heavy (non-hydrogen) atoms. The molecule has 0 saturated heterocycles. The van der Waals surface area contributed by atoms with Crippen LogP contribution >= 0.6 is 11.3 Å². The Morgan fingerprint density at radius 3 is 2.84 bits per heavy atom. The molecule has 2 heterocycles. The second-order valence-electron chi connectivity index (χ2n) is 4.91. The highest BCUT2D eigenvalue weighted by Crippen LogP contribution is 2.23. The number of nitrogens with one attached hydrogen (secondary N) is 1. The molecule has 0 spiro atoms. The largest absolute Gasteiger partial charge is 0.310 e. The highest BCUT2D eigenvalue weighted by Gasteiger charge is 2.25. The summed E-state index contributed by atoms with van der Waals surface area (Å²) in [6.45, 7) is 5.93. The monoisotopic (exact) mass is 300 g/mol. The summed E-state index contributed by atoms with van der Waals surface area (Å²) in [5.41, 5.74) is 0. The lowest BCUT2D eigenvalue weighted by Gasteiger charge is -2.21. The highest BCUT2D eigenvalue weighted by atomic mass is 32.2. The molecule has 1 aliphatic rings. The van der Waals surface area contributed by atoms with Gasteiger partial charge in [0.1, 0.15) is 0 Å². The first-order valence-corrected chi connectivity index (χ1v) is 8.78. The SMILES string of the molecule is CC(C)NCc1cc(S(=O)(=O)N2CC=CCC2)cs1. The molecule has 4 nitrogen and oxygen atoms in total. The molecule has 0 aliphatic carbocycles. The summed E-state index contributed by atoms with van der Waals surface area (Å²) in [4.78, 5) is 1.48. The van der Waals surface area contributed by atoms with E-state index in [9.17, 15) is 8.42 Å². The van der Waals surface area contributed by atoms with Crippen molar-refractivity contribution in [3.63, 3.8) is 0 Å². The molecule has 0 radical (unpaired) electrons. The van der Waals surface area contributed by atoms with Gasteiger partial charge in [0, 0.05) is 35.9 Å². The van der Waals surface area contributed by atoms with E-state index >= 15 is 0 Å². The normalized spacial score (nSPS) is 17.2. The van der Waals surface area contributed by atoms with Gasteiger partial charge in [-0.2, -0.15) is 4.31 Å². The minimum Gasteiger partial charge on any atom is -0.310 e. The molecule has 6 heteroatoms. The molecular formula is C13H20N2O2S2. The minimum atomic E-state index is -3.32. The summed E-state index contributed by atoms with van der Waals surface area (Å²) in [7, 11) is -3.32. The van der Waals surface area contributed by atoms with Crippen LogP contribution in [0.4, 0.5) is 0 Å². The predicted molar refractivity (Wildman–Crippen MR) is 78.8 cm³/mol. The highest BCUT2D eigenvalue weighted by molar-refractivity contribution is 7.89. The van der Waals surface area contributed by atoms with Crippen molar-refractivity contribution in [1.29, 1.82) is 0 Å². The van der Waals surface area contributed by atoms with Crippen molar-refractivity contribution in [2.75, 3.05) is 13.1 Å². The van der Waals surface area contributed by atoms with E-state index in [2.05, 4.69) is 19.2 Å². The molecule has 1 aliphatic heterocycles. The number of sulfonamides is 1. The molecule has 1 aromatic heterocycles. The Bertz CT molecular complexity index is 547. The zero-order valence-corrected chi connectivity index (χ0v) is 12.9. The average molecular weight is 300 g/mol. The molecule has 1 aromatic rings. The van der Waals surface area contributed by atoms with E-state index in [1.54, 1.807) is 11.4 Å². The number of thiophene rings is 1. The van der Waals surface area contributed by atoms with Crippen molar-refractivity contribution >= 4 is 21.4 Å². The van der Waals surface area contributed by atoms with Crippen LogP contribution in [0, 0.1) is 0 Å². The number of rotatable bonds is 5. The summed E-state index contributed by atoms with van der Waals surface area (Å²) in [5.74, 6) is 0. The van der Waals surface area contributed by atoms with Gasteiger partial charge in [-0.15, -0.1) is 11.3 Å². The van der Waals surface area contributed by atoms with Crippen molar-refractivity contribution in [1.82, 2.24) is 9.62 Å². The minimum absolute atomic E-state index is 0.398. The first-order valence-electron chi connectivity index (χ1n) is 6.46. The third-order valence-electron chi connectivity index (χ3n) is 2.97. The van der Waals surface area contributed by atoms with Crippen LogP contribution < -0.4 is 5.32 Å². The summed E-state index contributed by atoms with van der Waals surface area (Å²) >= 11 is 1.50.